The van der Waals surface area contributed by atoms with Gasteiger partial charge in [0.25, 0.3) is 0 Å². The highest BCUT2D eigenvalue weighted by molar-refractivity contribution is 5.76. The predicted molar refractivity (Wildman–Crippen MR) is 154 cm³/mol. The van der Waals surface area contributed by atoms with E-state index in [0.717, 1.165) is 57.8 Å². The van der Waals surface area contributed by atoms with Gasteiger partial charge in [0.15, 0.2) is 0 Å². The molecule has 1 amide bonds. The second-order valence-corrected chi connectivity index (χ2v) is 10.6. The molecule has 1 unspecified atom stereocenters. The van der Waals surface area contributed by atoms with E-state index in [1.165, 1.54) is 29.7 Å². The summed E-state index contributed by atoms with van der Waals surface area (Å²) in [5, 5.41) is 9.11. The van der Waals surface area contributed by atoms with E-state index in [1.54, 1.807) is 0 Å². The first-order chi connectivity index (χ1) is 19.2. The molecule has 3 aromatic carbocycles. The van der Waals surface area contributed by atoms with Crippen LogP contribution in [0.2, 0.25) is 0 Å². The monoisotopic (exact) mass is 522 g/mol. The van der Waals surface area contributed by atoms with Gasteiger partial charge in [-0.05, 0) is 60.2 Å². The van der Waals surface area contributed by atoms with E-state index in [-0.39, 0.29) is 12.0 Å². The van der Waals surface area contributed by atoms with Crippen molar-refractivity contribution in [1.82, 2.24) is 9.80 Å². The summed E-state index contributed by atoms with van der Waals surface area (Å²) < 4.78 is 6.55. The zero-order valence-corrected chi connectivity index (χ0v) is 22.7. The molecule has 0 aromatic heterocycles. The molecule has 2 aliphatic heterocycles. The van der Waals surface area contributed by atoms with E-state index < -0.39 is 0 Å². The standard InChI is InChI=1S/C33H38N4O2/c34-24-28-11-13-29(14-12-28)26-39-32(30-9-6-10-31(23-30)36-17-4-5-18-36)25-35-19-21-37(22-20-35)33(38)16-15-27-7-2-1-3-8-27/h1-3,6-14,23,32H,4-5,15-22,25-26H2. The number of rotatable bonds is 10. The van der Waals surface area contributed by atoms with Crippen molar-refractivity contribution in [3.63, 3.8) is 0 Å². The molecular formula is C33H38N4O2. The fourth-order valence-corrected chi connectivity index (χ4v) is 5.49. The highest BCUT2D eigenvalue weighted by Crippen LogP contribution is 2.27. The molecule has 2 fully saturated rings. The van der Waals surface area contributed by atoms with Crippen LogP contribution in [0.3, 0.4) is 0 Å². The van der Waals surface area contributed by atoms with Gasteiger partial charge in [0, 0.05) is 57.9 Å². The normalized spacial score (nSPS) is 16.7. The number of nitriles is 1. The van der Waals surface area contributed by atoms with Crippen molar-refractivity contribution in [2.45, 2.75) is 38.4 Å². The summed E-state index contributed by atoms with van der Waals surface area (Å²) >= 11 is 0. The van der Waals surface area contributed by atoms with Gasteiger partial charge in [-0.3, -0.25) is 9.69 Å². The number of anilines is 1. The van der Waals surface area contributed by atoms with Crippen molar-refractivity contribution < 1.29 is 9.53 Å². The smallest absolute Gasteiger partial charge is 0.222 e. The van der Waals surface area contributed by atoms with Crippen molar-refractivity contribution in [3.8, 4) is 6.07 Å². The molecule has 1 atom stereocenters. The third-order valence-corrected chi connectivity index (χ3v) is 7.87. The van der Waals surface area contributed by atoms with Gasteiger partial charge < -0.3 is 14.5 Å². The number of hydrogen-bond donors (Lipinski definition) is 0. The van der Waals surface area contributed by atoms with Gasteiger partial charge in [0.05, 0.1) is 24.3 Å². The molecule has 0 aliphatic carbocycles. The summed E-state index contributed by atoms with van der Waals surface area (Å²) in [6, 6.07) is 28.8. The van der Waals surface area contributed by atoms with E-state index in [2.05, 4.69) is 52.3 Å². The highest BCUT2D eigenvalue weighted by Gasteiger charge is 2.25. The molecule has 6 nitrogen and oxygen atoms in total. The minimum atomic E-state index is -0.0801. The van der Waals surface area contributed by atoms with Crippen LogP contribution in [-0.4, -0.2) is 61.5 Å². The van der Waals surface area contributed by atoms with Crippen molar-refractivity contribution in [2.75, 3.05) is 50.7 Å². The zero-order chi connectivity index (χ0) is 26.9. The topological polar surface area (TPSA) is 59.8 Å². The van der Waals surface area contributed by atoms with Crippen molar-refractivity contribution in [3.05, 3.63) is 101 Å². The number of hydrogen-bond acceptors (Lipinski definition) is 5. The Kier molecular flexibility index (Phi) is 9.26. The van der Waals surface area contributed by atoms with Gasteiger partial charge in [0.2, 0.25) is 5.91 Å². The van der Waals surface area contributed by atoms with Gasteiger partial charge in [0.1, 0.15) is 0 Å². The van der Waals surface area contributed by atoms with Gasteiger partial charge in [-0.15, -0.1) is 0 Å². The van der Waals surface area contributed by atoms with Gasteiger partial charge in [-0.2, -0.15) is 5.26 Å². The molecule has 0 N–H and O–H groups in total. The molecule has 6 heteroatoms. The van der Waals surface area contributed by atoms with E-state index in [1.807, 2.05) is 47.4 Å². The number of carbonyl (C=O) groups excluding carboxylic acids is 1. The number of nitrogens with zero attached hydrogens (tertiary/aromatic N) is 4. The Labute approximate surface area is 232 Å². The second-order valence-electron chi connectivity index (χ2n) is 10.6. The Bertz CT molecular complexity index is 1240. The summed E-state index contributed by atoms with van der Waals surface area (Å²) in [5.74, 6) is 0.241. The number of benzene rings is 3. The first-order valence-electron chi connectivity index (χ1n) is 14.2. The summed E-state index contributed by atoms with van der Waals surface area (Å²) in [5.41, 5.74) is 5.39. The predicted octanol–water partition coefficient (Wildman–Crippen LogP) is 5.19. The van der Waals surface area contributed by atoms with Crippen LogP contribution in [0.5, 0.6) is 0 Å². The van der Waals surface area contributed by atoms with E-state index in [0.29, 0.717) is 18.6 Å². The molecule has 39 heavy (non-hydrogen) atoms. The van der Waals surface area contributed by atoms with Crippen molar-refractivity contribution in [1.29, 1.82) is 5.26 Å². The van der Waals surface area contributed by atoms with E-state index in [9.17, 15) is 4.79 Å². The summed E-state index contributed by atoms with van der Waals surface area (Å²) in [7, 11) is 0. The fourth-order valence-electron chi connectivity index (χ4n) is 5.49. The van der Waals surface area contributed by atoms with Crippen LogP contribution in [0.4, 0.5) is 5.69 Å². The van der Waals surface area contributed by atoms with Crippen LogP contribution in [0.25, 0.3) is 0 Å². The lowest BCUT2D eigenvalue weighted by molar-refractivity contribution is -0.133. The van der Waals surface area contributed by atoms with Crippen LogP contribution in [-0.2, 0) is 22.6 Å². The third kappa shape index (κ3) is 7.47. The van der Waals surface area contributed by atoms with Gasteiger partial charge in [-0.25, -0.2) is 0 Å². The maximum Gasteiger partial charge on any atom is 0.222 e. The molecule has 0 radical (unpaired) electrons. The Morgan fingerprint density at radius 1 is 0.846 bits per heavy atom. The Balaban J connectivity index is 1.21. The van der Waals surface area contributed by atoms with Gasteiger partial charge in [-0.1, -0.05) is 54.6 Å². The van der Waals surface area contributed by atoms with Crippen molar-refractivity contribution >= 4 is 11.6 Å². The van der Waals surface area contributed by atoms with Gasteiger partial charge >= 0.3 is 0 Å². The zero-order valence-electron chi connectivity index (χ0n) is 22.7. The van der Waals surface area contributed by atoms with Crippen LogP contribution in [0, 0.1) is 11.3 Å². The van der Waals surface area contributed by atoms with E-state index in [4.69, 9.17) is 10.00 Å². The Morgan fingerprint density at radius 3 is 2.31 bits per heavy atom. The Hall–Kier alpha value is -3.66. The molecule has 0 saturated carbocycles. The quantitative estimate of drug-likeness (QED) is 0.367. The first-order valence-corrected chi connectivity index (χ1v) is 14.2. The summed E-state index contributed by atoms with van der Waals surface area (Å²) in [6.07, 6.45) is 3.76. The third-order valence-electron chi connectivity index (χ3n) is 7.87. The number of carbonyl (C=O) groups is 1. The lowest BCUT2D eigenvalue weighted by atomic mass is 10.1. The Morgan fingerprint density at radius 2 is 1.59 bits per heavy atom. The molecule has 0 bridgehead atoms. The maximum atomic E-state index is 12.8. The first kappa shape index (κ1) is 26.9. The maximum absolute atomic E-state index is 12.8. The van der Waals surface area contributed by atoms with Crippen LogP contribution in [0.15, 0.2) is 78.9 Å². The van der Waals surface area contributed by atoms with Crippen molar-refractivity contribution in [2.24, 2.45) is 0 Å². The average Bonchev–Trinajstić information content (AvgIpc) is 3.55. The molecule has 5 rings (SSSR count). The summed E-state index contributed by atoms with van der Waals surface area (Å²) in [4.78, 5) is 19.7. The minimum Gasteiger partial charge on any atom is -0.372 e. The number of ether oxygens (including phenoxy) is 1. The largest absolute Gasteiger partial charge is 0.372 e. The van der Waals surface area contributed by atoms with Crippen LogP contribution < -0.4 is 4.90 Å². The molecular weight excluding hydrogens is 484 g/mol. The minimum absolute atomic E-state index is 0.0801. The highest BCUT2D eigenvalue weighted by atomic mass is 16.5. The number of aryl methyl sites for hydroxylation is 1. The van der Waals surface area contributed by atoms with E-state index >= 15 is 0 Å². The number of piperazine rings is 1. The molecule has 3 aromatic rings. The molecule has 2 heterocycles. The van der Waals surface area contributed by atoms with Crippen LogP contribution >= 0.6 is 0 Å². The van der Waals surface area contributed by atoms with Crippen LogP contribution in [0.1, 0.15) is 47.6 Å². The average molecular weight is 523 g/mol. The fraction of sp³-hybridized carbons (Fsp3) is 0.394. The molecule has 202 valence electrons. The second kappa shape index (κ2) is 13.4. The lowest BCUT2D eigenvalue weighted by Gasteiger charge is -2.36. The number of amides is 1. The lowest BCUT2D eigenvalue weighted by Crippen LogP contribution is -2.49. The molecule has 0 spiro atoms. The molecule has 2 saturated heterocycles. The molecule has 2 aliphatic rings. The summed E-state index contributed by atoms with van der Waals surface area (Å²) in [6.45, 7) is 6.70. The SMILES string of the molecule is N#Cc1ccc(COC(CN2CCN(C(=O)CCc3ccccc3)CC2)c2cccc(N3CCCC3)c2)cc1.